The van der Waals surface area contributed by atoms with Crippen LogP contribution in [0.15, 0.2) is 36.4 Å². The van der Waals surface area contributed by atoms with Crippen LogP contribution >= 0.6 is 0 Å². The Kier molecular flexibility index (Phi) is 4.15. The molecule has 0 radical (unpaired) electrons. The summed E-state index contributed by atoms with van der Waals surface area (Å²) in [5.74, 6) is -0.0773. The highest BCUT2D eigenvalue weighted by Gasteiger charge is 2.24. The molecule has 0 unspecified atom stereocenters. The van der Waals surface area contributed by atoms with E-state index >= 15 is 0 Å². The molecule has 0 spiro atoms. The average molecular weight is 283 g/mol. The maximum absolute atomic E-state index is 11.2. The lowest BCUT2D eigenvalue weighted by Gasteiger charge is -2.27. The number of amides is 1. The Labute approximate surface area is 124 Å². The molecule has 1 aromatic carbocycles. The number of nitrogens with one attached hydrogen (secondary N) is 1. The quantitative estimate of drug-likeness (QED) is 0.905. The van der Waals surface area contributed by atoms with Crippen LogP contribution in [0.2, 0.25) is 0 Å². The van der Waals surface area contributed by atoms with Gasteiger partial charge in [0.2, 0.25) is 5.91 Å². The predicted octanol–water partition coefficient (Wildman–Crippen LogP) is 2.37. The Balaban J connectivity index is 1.56. The summed E-state index contributed by atoms with van der Waals surface area (Å²) < 4.78 is 0. The first kappa shape index (κ1) is 14.0. The van der Waals surface area contributed by atoms with Gasteiger partial charge in [0.05, 0.1) is 11.2 Å². The number of pyridine rings is 1. The van der Waals surface area contributed by atoms with E-state index in [4.69, 9.17) is 5.73 Å². The molecule has 0 atom stereocenters. The Morgan fingerprint density at radius 2 is 1.90 bits per heavy atom. The first-order chi connectivity index (χ1) is 10.2. The van der Waals surface area contributed by atoms with Crippen LogP contribution in [0.4, 0.5) is 0 Å². The number of benzene rings is 1. The molecule has 1 amide bonds. The zero-order valence-corrected chi connectivity index (χ0v) is 12.1. The molecule has 0 aliphatic heterocycles. The van der Waals surface area contributed by atoms with Crippen LogP contribution in [-0.2, 0) is 11.3 Å². The van der Waals surface area contributed by atoms with Crippen LogP contribution in [0.1, 0.15) is 31.4 Å². The number of nitrogens with zero attached hydrogens (tertiary/aromatic N) is 1. The van der Waals surface area contributed by atoms with Crippen LogP contribution in [-0.4, -0.2) is 16.9 Å². The molecule has 0 saturated heterocycles. The maximum Gasteiger partial charge on any atom is 0.220 e. The molecular weight excluding hydrogens is 262 g/mol. The van der Waals surface area contributed by atoms with Crippen molar-refractivity contribution in [2.24, 2.45) is 11.7 Å². The molecule has 4 nitrogen and oxygen atoms in total. The van der Waals surface area contributed by atoms with Crippen LogP contribution in [0.3, 0.4) is 0 Å². The van der Waals surface area contributed by atoms with Crippen LogP contribution < -0.4 is 11.1 Å². The van der Waals surface area contributed by atoms with Crippen molar-refractivity contribution in [3.05, 3.63) is 42.1 Å². The highest BCUT2D eigenvalue weighted by Crippen LogP contribution is 2.24. The van der Waals surface area contributed by atoms with Gasteiger partial charge in [-0.05, 0) is 37.8 Å². The largest absolute Gasteiger partial charge is 0.369 e. The number of aromatic nitrogens is 1. The van der Waals surface area contributed by atoms with Gasteiger partial charge in [-0.1, -0.05) is 24.3 Å². The molecule has 3 rings (SSSR count). The van der Waals surface area contributed by atoms with Gasteiger partial charge in [0.25, 0.3) is 0 Å². The van der Waals surface area contributed by atoms with E-state index in [9.17, 15) is 4.79 Å². The van der Waals surface area contributed by atoms with Crippen LogP contribution in [0, 0.1) is 5.92 Å². The van der Waals surface area contributed by atoms with E-state index in [1.165, 1.54) is 5.39 Å². The lowest BCUT2D eigenvalue weighted by Crippen LogP contribution is -2.36. The van der Waals surface area contributed by atoms with E-state index in [1.54, 1.807) is 0 Å². The van der Waals surface area contributed by atoms with E-state index in [0.717, 1.165) is 43.4 Å². The molecule has 2 aromatic rings. The molecule has 1 heterocycles. The number of primary amides is 1. The normalized spacial score (nSPS) is 22.3. The van der Waals surface area contributed by atoms with Gasteiger partial charge in [0.15, 0.2) is 0 Å². The number of para-hydroxylation sites is 1. The number of rotatable bonds is 4. The van der Waals surface area contributed by atoms with Gasteiger partial charge in [-0.2, -0.15) is 0 Å². The van der Waals surface area contributed by atoms with Gasteiger partial charge in [0.1, 0.15) is 0 Å². The zero-order valence-electron chi connectivity index (χ0n) is 12.1. The molecule has 1 aliphatic carbocycles. The van der Waals surface area contributed by atoms with Crippen molar-refractivity contribution in [1.29, 1.82) is 0 Å². The summed E-state index contributed by atoms with van der Waals surface area (Å²) in [6.45, 7) is 0.775. The summed E-state index contributed by atoms with van der Waals surface area (Å²) in [6, 6.07) is 12.8. The fraction of sp³-hybridized carbons (Fsp3) is 0.412. The number of hydrogen-bond acceptors (Lipinski definition) is 3. The van der Waals surface area contributed by atoms with Gasteiger partial charge in [-0.25, -0.2) is 0 Å². The fourth-order valence-corrected chi connectivity index (χ4v) is 3.04. The average Bonchev–Trinajstić information content (AvgIpc) is 2.53. The van der Waals surface area contributed by atoms with E-state index in [-0.39, 0.29) is 11.8 Å². The number of fused-ring (bicyclic) bond motifs is 1. The Hall–Kier alpha value is -1.94. The molecule has 110 valence electrons. The molecule has 3 N–H and O–H groups in total. The maximum atomic E-state index is 11.2. The SMILES string of the molecule is NC(=O)C1CCC(NCc2ccc3ccccc3n2)CC1. The van der Waals surface area contributed by atoms with Crippen molar-refractivity contribution in [2.45, 2.75) is 38.3 Å². The topological polar surface area (TPSA) is 68.0 Å². The summed E-state index contributed by atoms with van der Waals surface area (Å²) in [4.78, 5) is 15.8. The summed E-state index contributed by atoms with van der Waals surface area (Å²) in [7, 11) is 0. The molecule has 0 bridgehead atoms. The van der Waals surface area contributed by atoms with Crippen LogP contribution in [0.5, 0.6) is 0 Å². The first-order valence-electron chi connectivity index (χ1n) is 7.60. The van der Waals surface area contributed by atoms with Gasteiger partial charge >= 0.3 is 0 Å². The minimum absolute atomic E-state index is 0.0712. The number of carbonyl (C=O) groups excluding carboxylic acids is 1. The Morgan fingerprint density at radius 1 is 1.14 bits per heavy atom. The molecule has 4 heteroatoms. The lowest BCUT2D eigenvalue weighted by molar-refractivity contribution is -0.122. The smallest absolute Gasteiger partial charge is 0.220 e. The molecule has 1 aromatic heterocycles. The van der Waals surface area contributed by atoms with Crippen LogP contribution in [0.25, 0.3) is 10.9 Å². The number of carbonyl (C=O) groups is 1. The van der Waals surface area contributed by atoms with Gasteiger partial charge < -0.3 is 11.1 Å². The Bertz CT molecular complexity index is 633. The number of nitrogens with two attached hydrogens (primary N) is 1. The molecule has 1 saturated carbocycles. The zero-order chi connectivity index (χ0) is 14.7. The van der Waals surface area contributed by atoms with Crippen molar-refractivity contribution < 1.29 is 4.79 Å². The Morgan fingerprint density at radius 3 is 2.67 bits per heavy atom. The van der Waals surface area contributed by atoms with Gasteiger partial charge in [-0.3, -0.25) is 9.78 Å². The molecule has 21 heavy (non-hydrogen) atoms. The van der Waals surface area contributed by atoms with Crippen molar-refractivity contribution in [2.75, 3.05) is 0 Å². The molecule has 1 fully saturated rings. The second kappa shape index (κ2) is 6.22. The third kappa shape index (κ3) is 3.39. The summed E-state index contributed by atoms with van der Waals surface area (Å²) in [6.07, 6.45) is 3.83. The monoisotopic (exact) mass is 283 g/mol. The standard InChI is InChI=1S/C17H21N3O/c18-17(21)13-6-8-14(9-7-13)19-11-15-10-5-12-3-1-2-4-16(12)20-15/h1-5,10,13-14,19H,6-9,11H2,(H2,18,21). The van der Waals surface area contributed by atoms with Crippen molar-refractivity contribution in [1.82, 2.24) is 10.3 Å². The summed E-state index contributed by atoms with van der Waals surface area (Å²) in [5, 5.41) is 4.72. The molecular formula is C17H21N3O. The highest BCUT2D eigenvalue weighted by atomic mass is 16.1. The van der Waals surface area contributed by atoms with Gasteiger partial charge in [-0.15, -0.1) is 0 Å². The second-order valence-corrected chi connectivity index (χ2v) is 5.83. The third-order valence-electron chi connectivity index (χ3n) is 4.36. The highest BCUT2D eigenvalue weighted by molar-refractivity contribution is 5.78. The first-order valence-corrected chi connectivity index (χ1v) is 7.60. The van der Waals surface area contributed by atoms with Crippen molar-refractivity contribution >= 4 is 16.8 Å². The summed E-state index contributed by atoms with van der Waals surface area (Å²) >= 11 is 0. The van der Waals surface area contributed by atoms with E-state index in [0.29, 0.717) is 6.04 Å². The van der Waals surface area contributed by atoms with Gasteiger partial charge in [0, 0.05) is 23.9 Å². The van der Waals surface area contributed by atoms with E-state index < -0.39 is 0 Å². The molecule has 1 aliphatic rings. The lowest BCUT2D eigenvalue weighted by atomic mass is 9.85. The minimum Gasteiger partial charge on any atom is -0.369 e. The van der Waals surface area contributed by atoms with Crippen molar-refractivity contribution in [3.8, 4) is 0 Å². The fourth-order valence-electron chi connectivity index (χ4n) is 3.04. The van der Waals surface area contributed by atoms with E-state index in [1.807, 2.05) is 18.2 Å². The second-order valence-electron chi connectivity index (χ2n) is 5.83. The summed E-state index contributed by atoms with van der Waals surface area (Å²) in [5.41, 5.74) is 7.46. The number of hydrogen-bond donors (Lipinski definition) is 2. The third-order valence-corrected chi connectivity index (χ3v) is 4.36. The van der Waals surface area contributed by atoms with E-state index in [2.05, 4.69) is 28.5 Å². The predicted molar refractivity (Wildman–Crippen MR) is 83.5 cm³/mol. The van der Waals surface area contributed by atoms with Crippen molar-refractivity contribution in [3.63, 3.8) is 0 Å². The minimum atomic E-state index is -0.148.